The second kappa shape index (κ2) is 6.41. The van der Waals surface area contributed by atoms with Crippen molar-refractivity contribution < 1.29 is 0 Å². The minimum absolute atomic E-state index is 0.483. The molecule has 4 heteroatoms. The second-order valence-electron chi connectivity index (χ2n) is 4.77. The van der Waals surface area contributed by atoms with Gasteiger partial charge in [-0.2, -0.15) is 0 Å². The summed E-state index contributed by atoms with van der Waals surface area (Å²) in [6.07, 6.45) is 0. The van der Waals surface area contributed by atoms with Gasteiger partial charge in [-0.3, -0.25) is 14.9 Å². The van der Waals surface area contributed by atoms with Gasteiger partial charge in [-0.25, -0.2) is 0 Å². The van der Waals surface area contributed by atoms with Crippen molar-refractivity contribution in [3.63, 3.8) is 0 Å². The van der Waals surface area contributed by atoms with Crippen LogP contribution in [0.4, 0.5) is 0 Å². The number of hydrogen-bond acceptors (Lipinski definition) is 4. The van der Waals surface area contributed by atoms with Crippen molar-refractivity contribution in [3.05, 3.63) is 59.2 Å². The third-order valence-electron chi connectivity index (χ3n) is 2.88. The zero-order valence-corrected chi connectivity index (χ0v) is 11.5. The average molecular weight is 256 g/mol. The number of nitrogens with zero attached hydrogens (tertiary/aromatic N) is 3. The quantitative estimate of drug-likeness (QED) is 0.887. The van der Waals surface area contributed by atoms with E-state index in [9.17, 15) is 0 Å². The molecule has 0 saturated carbocycles. The summed E-state index contributed by atoms with van der Waals surface area (Å²) in [6.45, 7) is 4.10. The molecule has 2 aromatic rings. The molecule has 100 valence electrons. The molecule has 0 aliphatic heterocycles. The van der Waals surface area contributed by atoms with E-state index in [4.69, 9.17) is 5.73 Å². The molecular weight excluding hydrogens is 236 g/mol. The summed E-state index contributed by atoms with van der Waals surface area (Å²) in [5, 5.41) is 0. The maximum Gasteiger partial charge on any atom is 0.0547 e. The van der Waals surface area contributed by atoms with Crippen LogP contribution in [0.3, 0.4) is 0 Å². The summed E-state index contributed by atoms with van der Waals surface area (Å²) in [5.41, 5.74) is 9.70. The van der Waals surface area contributed by atoms with Crippen LogP contribution >= 0.6 is 0 Å². The van der Waals surface area contributed by atoms with Gasteiger partial charge < -0.3 is 5.73 Å². The highest BCUT2D eigenvalue weighted by atomic mass is 15.1. The van der Waals surface area contributed by atoms with Crippen LogP contribution in [0.15, 0.2) is 36.4 Å². The summed E-state index contributed by atoms with van der Waals surface area (Å²) in [4.78, 5) is 11.2. The van der Waals surface area contributed by atoms with E-state index in [0.717, 1.165) is 35.9 Å². The lowest BCUT2D eigenvalue weighted by Crippen LogP contribution is -2.19. The molecule has 0 bridgehead atoms. The van der Waals surface area contributed by atoms with Gasteiger partial charge in [0.2, 0.25) is 0 Å². The Balaban J connectivity index is 1.98. The zero-order chi connectivity index (χ0) is 13.7. The van der Waals surface area contributed by atoms with Crippen LogP contribution in [0.1, 0.15) is 22.8 Å². The lowest BCUT2D eigenvalue weighted by molar-refractivity contribution is 0.311. The van der Waals surface area contributed by atoms with Gasteiger partial charge in [0.05, 0.1) is 17.1 Å². The molecule has 0 aliphatic rings. The summed E-state index contributed by atoms with van der Waals surface area (Å²) >= 11 is 0. The fraction of sp³-hybridized carbons (Fsp3) is 0.333. The third kappa shape index (κ3) is 4.12. The molecule has 0 unspecified atom stereocenters. The molecule has 0 radical (unpaired) electrons. The number of hydrogen-bond donors (Lipinski definition) is 1. The Kier molecular flexibility index (Phi) is 4.60. The molecule has 0 saturated heterocycles. The van der Waals surface area contributed by atoms with Crippen molar-refractivity contribution in [3.8, 4) is 0 Å². The standard InChI is InChI=1S/C15H20N4/c1-12-5-3-7-14(17-12)10-19(2)11-15-8-4-6-13(9-16)18-15/h3-8H,9-11,16H2,1-2H3. The van der Waals surface area contributed by atoms with Gasteiger partial charge in [-0.1, -0.05) is 12.1 Å². The van der Waals surface area contributed by atoms with Gasteiger partial charge in [0, 0.05) is 25.3 Å². The maximum absolute atomic E-state index is 5.60. The molecule has 4 nitrogen and oxygen atoms in total. The first-order valence-corrected chi connectivity index (χ1v) is 6.43. The van der Waals surface area contributed by atoms with Crippen LogP contribution in [-0.4, -0.2) is 21.9 Å². The minimum atomic E-state index is 0.483. The van der Waals surface area contributed by atoms with Crippen LogP contribution in [-0.2, 0) is 19.6 Å². The van der Waals surface area contributed by atoms with Crippen LogP contribution in [0.5, 0.6) is 0 Å². The molecule has 2 rings (SSSR count). The first kappa shape index (κ1) is 13.6. The lowest BCUT2D eigenvalue weighted by atomic mass is 10.2. The lowest BCUT2D eigenvalue weighted by Gasteiger charge is -2.16. The molecule has 0 fully saturated rings. The summed E-state index contributed by atoms with van der Waals surface area (Å²) in [7, 11) is 2.07. The van der Waals surface area contributed by atoms with E-state index in [1.54, 1.807) is 0 Å². The molecule has 19 heavy (non-hydrogen) atoms. The van der Waals surface area contributed by atoms with Gasteiger partial charge in [0.15, 0.2) is 0 Å². The molecule has 2 heterocycles. The Morgan fingerprint density at radius 2 is 1.53 bits per heavy atom. The van der Waals surface area contributed by atoms with Crippen molar-refractivity contribution in [2.45, 2.75) is 26.6 Å². The predicted molar refractivity (Wildman–Crippen MR) is 76.3 cm³/mol. The van der Waals surface area contributed by atoms with Crippen LogP contribution < -0.4 is 5.73 Å². The molecule has 2 aromatic heterocycles. The monoisotopic (exact) mass is 256 g/mol. The molecule has 0 aliphatic carbocycles. The summed E-state index contributed by atoms with van der Waals surface area (Å²) in [5.74, 6) is 0. The average Bonchev–Trinajstić information content (AvgIpc) is 2.38. The SMILES string of the molecule is Cc1cccc(CN(C)Cc2cccc(CN)n2)n1. The van der Waals surface area contributed by atoms with Gasteiger partial charge >= 0.3 is 0 Å². The van der Waals surface area contributed by atoms with Crippen molar-refractivity contribution in [1.82, 2.24) is 14.9 Å². The van der Waals surface area contributed by atoms with Crippen LogP contribution in [0.25, 0.3) is 0 Å². The molecular formula is C15H20N4. The van der Waals surface area contributed by atoms with Gasteiger partial charge in [0.25, 0.3) is 0 Å². The highest BCUT2D eigenvalue weighted by Crippen LogP contribution is 2.06. The van der Waals surface area contributed by atoms with Gasteiger partial charge in [-0.15, -0.1) is 0 Å². The maximum atomic E-state index is 5.60. The van der Waals surface area contributed by atoms with E-state index < -0.39 is 0 Å². The topological polar surface area (TPSA) is 55.0 Å². The van der Waals surface area contributed by atoms with E-state index in [0.29, 0.717) is 6.54 Å². The number of rotatable bonds is 5. The van der Waals surface area contributed by atoms with Crippen molar-refractivity contribution in [2.24, 2.45) is 5.73 Å². The van der Waals surface area contributed by atoms with Crippen molar-refractivity contribution >= 4 is 0 Å². The summed E-state index contributed by atoms with van der Waals surface area (Å²) in [6, 6.07) is 12.1. The second-order valence-corrected chi connectivity index (χ2v) is 4.77. The molecule has 0 aromatic carbocycles. The first-order chi connectivity index (χ1) is 9.17. The first-order valence-electron chi connectivity index (χ1n) is 6.43. The molecule has 0 spiro atoms. The predicted octanol–water partition coefficient (Wildman–Crippen LogP) is 1.88. The molecule has 2 N–H and O–H groups in total. The Morgan fingerprint density at radius 3 is 2.16 bits per heavy atom. The highest BCUT2D eigenvalue weighted by Gasteiger charge is 2.04. The van der Waals surface area contributed by atoms with E-state index in [2.05, 4.69) is 21.9 Å². The number of aromatic nitrogens is 2. The smallest absolute Gasteiger partial charge is 0.0547 e. The Morgan fingerprint density at radius 1 is 0.947 bits per heavy atom. The van der Waals surface area contributed by atoms with Crippen molar-refractivity contribution in [2.75, 3.05) is 7.05 Å². The van der Waals surface area contributed by atoms with Crippen LogP contribution in [0, 0.1) is 6.92 Å². The van der Waals surface area contributed by atoms with Crippen molar-refractivity contribution in [1.29, 1.82) is 0 Å². The minimum Gasteiger partial charge on any atom is -0.325 e. The number of nitrogens with two attached hydrogens (primary N) is 1. The Bertz CT molecular complexity index is 539. The Hall–Kier alpha value is -1.78. The molecule has 0 amide bonds. The normalized spacial score (nSPS) is 10.9. The Labute approximate surface area is 114 Å². The number of pyridine rings is 2. The highest BCUT2D eigenvalue weighted by molar-refractivity contribution is 5.12. The summed E-state index contributed by atoms with van der Waals surface area (Å²) < 4.78 is 0. The van der Waals surface area contributed by atoms with Gasteiger partial charge in [-0.05, 0) is 38.2 Å². The third-order valence-corrected chi connectivity index (χ3v) is 2.88. The number of aryl methyl sites for hydroxylation is 1. The van der Waals surface area contributed by atoms with E-state index in [1.807, 2.05) is 43.3 Å². The molecule has 0 atom stereocenters. The zero-order valence-electron chi connectivity index (χ0n) is 11.5. The van der Waals surface area contributed by atoms with E-state index in [1.165, 1.54) is 0 Å². The fourth-order valence-electron chi connectivity index (χ4n) is 2.03. The van der Waals surface area contributed by atoms with E-state index in [-0.39, 0.29) is 0 Å². The van der Waals surface area contributed by atoms with Gasteiger partial charge in [0.1, 0.15) is 0 Å². The largest absolute Gasteiger partial charge is 0.325 e. The van der Waals surface area contributed by atoms with E-state index >= 15 is 0 Å². The van der Waals surface area contributed by atoms with Crippen LogP contribution in [0.2, 0.25) is 0 Å². The fourth-order valence-corrected chi connectivity index (χ4v) is 2.03.